The van der Waals surface area contributed by atoms with Gasteiger partial charge in [0.15, 0.2) is 11.2 Å². The first-order chi connectivity index (χ1) is 17.0. The summed E-state index contributed by atoms with van der Waals surface area (Å²) in [5, 5.41) is 0.473. The molecule has 35 heavy (non-hydrogen) atoms. The molecular formula is C26H16ClN3O4S. The largest absolute Gasteiger partial charge is 0.436 e. The smallest absolute Gasteiger partial charge is 0.317 e. The molecule has 0 N–H and O–H groups in total. The van der Waals surface area contributed by atoms with Crippen LogP contribution in [0.5, 0.6) is 0 Å². The van der Waals surface area contributed by atoms with E-state index in [2.05, 4.69) is 9.97 Å². The molecule has 0 aliphatic heterocycles. The van der Waals surface area contributed by atoms with E-state index in [4.69, 9.17) is 20.4 Å². The zero-order chi connectivity index (χ0) is 24.0. The van der Waals surface area contributed by atoms with Crippen molar-refractivity contribution < 1.29 is 17.3 Å². The van der Waals surface area contributed by atoms with Gasteiger partial charge < -0.3 is 8.83 Å². The average Bonchev–Trinajstić information content (AvgIpc) is 3.48. The van der Waals surface area contributed by atoms with E-state index in [-0.39, 0.29) is 10.9 Å². The third-order valence-electron chi connectivity index (χ3n) is 5.44. The van der Waals surface area contributed by atoms with E-state index < -0.39 is 10.0 Å². The molecule has 6 rings (SSSR count). The van der Waals surface area contributed by atoms with Crippen LogP contribution in [0.15, 0.2) is 111 Å². The van der Waals surface area contributed by atoms with E-state index in [1.54, 1.807) is 60.7 Å². The minimum Gasteiger partial charge on any atom is -0.436 e. The normalized spacial score (nSPS) is 11.8. The van der Waals surface area contributed by atoms with Crippen LogP contribution in [-0.2, 0) is 10.0 Å². The summed E-state index contributed by atoms with van der Waals surface area (Å²) in [6, 6.07) is 27.2. The lowest BCUT2D eigenvalue weighted by atomic mass is 10.2. The molecular weight excluding hydrogens is 486 g/mol. The summed E-state index contributed by atoms with van der Waals surface area (Å²) in [4.78, 5) is 8.93. The third kappa shape index (κ3) is 3.82. The Balaban J connectivity index is 1.43. The number of benzene rings is 4. The lowest BCUT2D eigenvalue weighted by molar-refractivity contribution is 0.578. The Bertz CT molecular complexity index is 1750. The summed E-state index contributed by atoms with van der Waals surface area (Å²) < 4.78 is 40.4. The molecule has 0 spiro atoms. The molecule has 9 heteroatoms. The Morgan fingerprint density at radius 2 is 1.43 bits per heavy atom. The van der Waals surface area contributed by atoms with Crippen LogP contribution in [-0.4, -0.2) is 18.4 Å². The van der Waals surface area contributed by atoms with Crippen molar-refractivity contribution in [2.75, 3.05) is 4.31 Å². The first-order valence-corrected chi connectivity index (χ1v) is 12.4. The predicted octanol–water partition coefficient (Wildman–Crippen LogP) is 6.82. The SMILES string of the molecule is O=S(=O)(c1ccc(-c2nc3ccccc3o2)cc1)N(c1ccccc1)c1nc2cc(Cl)ccc2o1. The lowest BCUT2D eigenvalue weighted by Gasteiger charge is -2.20. The zero-order valence-corrected chi connectivity index (χ0v) is 19.6. The van der Waals surface area contributed by atoms with Crippen molar-refractivity contribution in [2.24, 2.45) is 0 Å². The number of fused-ring (bicyclic) bond motifs is 2. The minimum absolute atomic E-state index is 0.0569. The first kappa shape index (κ1) is 21.4. The second-order valence-corrected chi connectivity index (χ2v) is 9.95. The molecule has 0 amide bonds. The van der Waals surface area contributed by atoms with Gasteiger partial charge in [0.2, 0.25) is 5.89 Å². The maximum Gasteiger partial charge on any atom is 0.317 e. The van der Waals surface area contributed by atoms with Crippen LogP contribution >= 0.6 is 11.6 Å². The maximum atomic E-state index is 13.8. The second-order valence-electron chi connectivity index (χ2n) is 7.72. The maximum absolute atomic E-state index is 13.8. The topological polar surface area (TPSA) is 89.4 Å². The number of oxazole rings is 2. The number of halogens is 1. The predicted molar refractivity (Wildman–Crippen MR) is 134 cm³/mol. The van der Waals surface area contributed by atoms with E-state index >= 15 is 0 Å². The van der Waals surface area contributed by atoms with Crippen molar-refractivity contribution >= 4 is 55.5 Å². The molecule has 0 saturated heterocycles. The molecule has 0 aliphatic rings. The Hall–Kier alpha value is -4.14. The number of para-hydroxylation sites is 3. The molecule has 2 heterocycles. The summed E-state index contributed by atoms with van der Waals surface area (Å²) in [6.07, 6.45) is 0. The van der Waals surface area contributed by atoms with Crippen LogP contribution in [0, 0.1) is 0 Å². The van der Waals surface area contributed by atoms with Crippen molar-refractivity contribution in [2.45, 2.75) is 4.90 Å². The molecule has 0 atom stereocenters. The van der Waals surface area contributed by atoms with Gasteiger partial charge in [0.05, 0.1) is 10.6 Å². The van der Waals surface area contributed by atoms with Crippen LogP contribution in [0.1, 0.15) is 0 Å². The fourth-order valence-electron chi connectivity index (χ4n) is 3.76. The van der Waals surface area contributed by atoms with Gasteiger partial charge in [-0.3, -0.25) is 0 Å². The van der Waals surface area contributed by atoms with Crippen molar-refractivity contribution in [1.29, 1.82) is 0 Å². The van der Waals surface area contributed by atoms with Gasteiger partial charge in [0.25, 0.3) is 10.0 Å². The number of nitrogens with zero attached hydrogens (tertiary/aromatic N) is 3. The van der Waals surface area contributed by atoms with E-state index in [0.717, 1.165) is 9.82 Å². The van der Waals surface area contributed by atoms with Crippen LogP contribution in [0.25, 0.3) is 33.7 Å². The minimum atomic E-state index is -4.10. The van der Waals surface area contributed by atoms with Gasteiger partial charge in [0.1, 0.15) is 11.0 Å². The fourth-order valence-corrected chi connectivity index (χ4v) is 5.30. The highest BCUT2D eigenvalue weighted by Crippen LogP contribution is 2.35. The Kier molecular flexibility index (Phi) is 5.05. The number of rotatable bonds is 5. The lowest BCUT2D eigenvalue weighted by Crippen LogP contribution is -2.26. The van der Waals surface area contributed by atoms with Gasteiger partial charge >= 0.3 is 6.01 Å². The molecule has 0 fully saturated rings. The standard InChI is InChI=1S/C26H16ClN3O4S/c27-18-12-15-24-22(16-18)29-26(34-24)30(19-6-2-1-3-7-19)35(31,32)20-13-10-17(11-14-20)25-28-21-8-4-5-9-23(21)33-25/h1-16H. The molecule has 7 nitrogen and oxygen atoms in total. The number of aromatic nitrogens is 2. The van der Waals surface area contributed by atoms with E-state index in [0.29, 0.717) is 38.8 Å². The Morgan fingerprint density at radius 1 is 0.714 bits per heavy atom. The van der Waals surface area contributed by atoms with Crippen LogP contribution in [0.2, 0.25) is 5.02 Å². The van der Waals surface area contributed by atoms with Gasteiger partial charge in [-0.1, -0.05) is 41.9 Å². The monoisotopic (exact) mass is 501 g/mol. The van der Waals surface area contributed by atoms with Crippen molar-refractivity contribution in [3.63, 3.8) is 0 Å². The van der Waals surface area contributed by atoms with Gasteiger partial charge in [-0.25, -0.2) is 13.4 Å². The molecule has 2 aromatic heterocycles. The zero-order valence-electron chi connectivity index (χ0n) is 18.0. The Morgan fingerprint density at radius 3 is 2.20 bits per heavy atom. The highest BCUT2D eigenvalue weighted by Gasteiger charge is 2.31. The van der Waals surface area contributed by atoms with Gasteiger partial charge in [-0.05, 0) is 66.7 Å². The number of anilines is 2. The molecule has 0 aliphatic carbocycles. The first-order valence-electron chi connectivity index (χ1n) is 10.6. The second kappa shape index (κ2) is 8.26. The summed E-state index contributed by atoms with van der Waals surface area (Å²) in [7, 11) is -4.10. The van der Waals surface area contributed by atoms with Crippen LogP contribution < -0.4 is 4.31 Å². The molecule has 0 unspecified atom stereocenters. The van der Waals surface area contributed by atoms with Gasteiger partial charge in [-0.2, -0.15) is 9.29 Å². The summed E-state index contributed by atoms with van der Waals surface area (Å²) in [5.74, 6) is 0.408. The Labute approximate surface area is 205 Å². The van der Waals surface area contributed by atoms with E-state index in [1.165, 1.54) is 12.1 Å². The summed E-state index contributed by atoms with van der Waals surface area (Å²) in [6.45, 7) is 0. The molecule has 0 bridgehead atoms. The van der Waals surface area contributed by atoms with Crippen molar-refractivity contribution in [1.82, 2.24) is 9.97 Å². The summed E-state index contributed by atoms with van der Waals surface area (Å²) in [5.41, 5.74) is 3.30. The molecule has 4 aromatic carbocycles. The third-order valence-corrected chi connectivity index (χ3v) is 7.39. The van der Waals surface area contributed by atoms with Crippen LogP contribution in [0.4, 0.5) is 11.7 Å². The van der Waals surface area contributed by atoms with Gasteiger partial charge in [-0.15, -0.1) is 0 Å². The number of hydrogen-bond acceptors (Lipinski definition) is 6. The van der Waals surface area contributed by atoms with E-state index in [1.807, 2.05) is 24.3 Å². The molecule has 172 valence electrons. The van der Waals surface area contributed by atoms with Crippen LogP contribution in [0.3, 0.4) is 0 Å². The summed E-state index contributed by atoms with van der Waals surface area (Å²) >= 11 is 6.08. The van der Waals surface area contributed by atoms with E-state index in [9.17, 15) is 8.42 Å². The molecule has 0 saturated carbocycles. The quantitative estimate of drug-likeness (QED) is 0.257. The number of sulfonamides is 1. The fraction of sp³-hybridized carbons (Fsp3) is 0. The van der Waals surface area contributed by atoms with Crippen molar-refractivity contribution in [3.8, 4) is 11.5 Å². The highest BCUT2D eigenvalue weighted by atomic mass is 35.5. The highest BCUT2D eigenvalue weighted by molar-refractivity contribution is 7.93. The molecule has 0 radical (unpaired) electrons. The number of hydrogen-bond donors (Lipinski definition) is 0. The van der Waals surface area contributed by atoms with Crippen molar-refractivity contribution in [3.05, 3.63) is 102 Å². The average molecular weight is 502 g/mol. The van der Waals surface area contributed by atoms with Gasteiger partial charge in [0, 0.05) is 10.6 Å². The molecule has 6 aromatic rings.